The van der Waals surface area contributed by atoms with E-state index in [9.17, 15) is 4.79 Å². The molecule has 0 radical (unpaired) electrons. The maximum absolute atomic E-state index is 12.2. The van der Waals surface area contributed by atoms with Crippen LogP contribution in [0, 0.1) is 0 Å². The first-order chi connectivity index (χ1) is 9.74. The van der Waals surface area contributed by atoms with Crippen molar-refractivity contribution in [3.8, 4) is 5.88 Å². The fraction of sp³-hybridized carbons (Fsp3) is 0.200. The van der Waals surface area contributed by atoms with Crippen molar-refractivity contribution in [2.24, 2.45) is 0 Å². The number of halogens is 1. The molecule has 0 N–H and O–H groups in total. The van der Waals surface area contributed by atoms with Gasteiger partial charge in [-0.25, -0.2) is 4.98 Å². The minimum atomic E-state index is -0.0588. The summed E-state index contributed by atoms with van der Waals surface area (Å²) < 4.78 is 5.66. The van der Waals surface area contributed by atoms with Gasteiger partial charge in [-0.2, -0.15) is 0 Å². The first kappa shape index (κ1) is 12.9. The Hall–Kier alpha value is -2.07. The molecule has 0 spiro atoms. The van der Waals surface area contributed by atoms with E-state index in [0.29, 0.717) is 29.6 Å². The summed E-state index contributed by atoms with van der Waals surface area (Å²) in [6, 6.07) is 12.6. The standard InChI is InChI=1S/C15H13ClN2O2/c16-13-6-2-1-5-12(13)15(19)18-9-11(10-18)20-14-7-3-4-8-17-14/h1-8,11H,9-10H2. The Morgan fingerprint density at radius 1 is 1.20 bits per heavy atom. The van der Waals surface area contributed by atoms with E-state index in [2.05, 4.69) is 4.98 Å². The van der Waals surface area contributed by atoms with Gasteiger partial charge >= 0.3 is 0 Å². The largest absolute Gasteiger partial charge is 0.471 e. The molecule has 0 bridgehead atoms. The van der Waals surface area contributed by atoms with E-state index in [1.807, 2.05) is 18.2 Å². The minimum absolute atomic E-state index is 0.00339. The monoisotopic (exact) mass is 288 g/mol. The third-order valence-corrected chi connectivity index (χ3v) is 3.49. The number of rotatable bonds is 3. The van der Waals surface area contributed by atoms with Crippen LogP contribution in [0.4, 0.5) is 0 Å². The number of hydrogen-bond donors (Lipinski definition) is 0. The number of carbonyl (C=O) groups is 1. The lowest BCUT2D eigenvalue weighted by Crippen LogP contribution is -2.56. The first-order valence-corrected chi connectivity index (χ1v) is 6.73. The lowest BCUT2D eigenvalue weighted by atomic mass is 10.1. The topological polar surface area (TPSA) is 42.4 Å². The predicted molar refractivity (Wildman–Crippen MR) is 76.0 cm³/mol. The molecule has 102 valence electrons. The molecule has 1 saturated heterocycles. The summed E-state index contributed by atoms with van der Waals surface area (Å²) in [5.74, 6) is 0.527. The van der Waals surface area contributed by atoms with Gasteiger partial charge in [0.15, 0.2) is 0 Å². The lowest BCUT2D eigenvalue weighted by molar-refractivity contribution is 0.0160. The highest BCUT2D eigenvalue weighted by atomic mass is 35.5. The van der Waals surface area contributed by atoms with Crippen molar-refractivity contribution in [3.63, 3.8) is 0 Å². The van der Waals surface area contributed by atoms with Gasteiger partial charge in [-0.1, -0.05) is 29.8 Å². The smallest absolute Gasteiger partial charge is 0.255 e. The van der Waals surface area contributed by atoms with Gasteiger partial charge < -0.3 is 9.64 Å². The summed E-state index contributed by atoms with van der Waals surface area (Å²) in [4.78, 5) is 18.0. The molecule has 1 fully saturated rings. The Kier molecular flexibility index (Phi) is 3.56. The van der Waals surface area contributed by atoms with Gasteiger partial charge in [0.25, 0.3) is 5.91 Å². The molecule has 2 aromatic rings. The molecular weight excluding hydrogens is 276 g/mol. The zero-order valence-electron chi connectivity index (χ0n) is 10.7. The third kappa shape index (κ3) is 2.60. The number of ether oxygens (including phenoxy) is 1. The van der Waals surface area contributed by atoms with Crippen molar-refractivity contribution in [2.45, 2.75) is 6.10 Å². The molecule has 1 aliphatic heterocycles. The van der Waals surface area contributed by atoms with Gasteiger partial charge in [-0.3, -0.25) is 4.79 Å². The number of hydrogen-bond acceptors (Lipinski definition) is 3. The summed E-state index contributed by atoms with van der Waals surface area (Å²) in [5, 5.41) is 0.478. The Balaban J connectivity index is 1.58. The van der Waals surface area contributed by atoms with Crippen LogP contribution in [0.15, 0.2) is 48.7 Å². The number of nitrogens with zero attached hydrogens (tertiary/aromatic N) is 2. The summed E-state index contributed by atoms with van der Waals surface area (Å²) >= 11 is 6.02. The molecule has 20 heavy (non-hydrogen) atoms. The summed E-state index contributed by atoms with van der Waals surface area (Å²) in [7, 11) is 0. The van der Waals surface area contributed by atoms with Crippen LogP contribution in [0.1, 0.15) is 10.4 Å². The highest BCUT2D eigenvalue weighted by molar-refractivity contribution is 6.33. The summed E-state index contributed by atoms with van der Waals surface area (Å²) in [6.07, 6.45) is 1.68. The zero-order valence-corrected chi connectivity index (χ0v) is 11.5. The third-order valence-electron chi connectivity index (χ3n) is 3.16. The van der Waals surface area contributed by atoms with E-state index in [-0.39, 0.29) is 12.0 Å². The Morgan fingerprint density at radius 3 is 2.65 bits per heavy atom. The van der Waals surface area contributed by atoms with E-state index in [1.54, 1.807) is 35.4 Å². The van der Waals surface area contributed by atoms with Crippen molar-refractivity contribution in [2.75, 3.05) is 13.1 Å². The normalized spacial score (nSPS) is 14.8. The van der Waals surface area contributed by atoms with E-state index in [4.69, 9.17) is 16.3 Å². The molecule has 1 aromatic carbocycles. The van der Waals surface area contributed by atoms with E-state index >= 15 is 0 Å². The second-order valence-corrected chi connectivity index (χ2v) is 5.01. The Bertz CT molecular complexity index is 612. The van der Waals surface area contributed by atoms with Crippen LogP contribution in [0.2, 0.25) is 5.02 Å². The van der Waals surface area contributed by atoms with Crippen LogP contribution in [0.25, 0.3) is 0 Å². The van der Waals surface area contributed by atoms with E-state index in [1.165, 1.54) is 0 Å². The van der Waals surface area contributed by atoms with Crippen molar-refractivity contribution >= 4 is 17.5 Å². The van der Waals surface area contributed by atoms with Crippen molar-refractivity contribution in [3.05, 3.63) is 59.2 Å². The molecule has 3 rings (SSSR count). The van der Waals surface area contributed by atoms with Gasteiger partial charge in [0.1, 0.15) is 6.10 Å². The molecule has 5 heteroatoms. The lowest BCUT2D eigenvalue weighted by Gasteiger charge is -2.38. The molecule has 0 atom stereocenters. The minimum Gasteiger partial charge on any atom is -0.471 e. The number of aromatic nitrogens is 1. The van der Waals surface area contributed by atoms with Crippen LogP contribution < -0.4 is 4.74 Å². The Labute approximate surface area is 122 Å². The molecule has 1 amide bonds. The van der Waals surface area contributed by atoms with Crippen molar-refractivity contribution in [1.82, 2.24) is 9.88 Å². The number of carbonyl (C=O) groups excluding carboxylic acids is 1. The van der Waals surface area contributed by atoms with Gasteiger partial charge in [-0.15, -0.1) is 0 Å². The molecule has 0 aliphatic carbocycles. The fourth-order valence-corrected chi connectivity index (χ4v) is 2.29. The predicted octanol–water partition coefficient (Wildman–Crippen LogP) is 2.64. The van der Waals surface area contributed by atoms with Gasteiger partial charge in [0.2, 0.25) is 5.88 Å². The van der Waals surface area contributed by atoms with Crippen molar-refractivity contribution < 1.29 is 9.53 Å². The molecule has 4 nitrogen and oxygen atoms in total. The van der Waals surface area contributed by atoms with Gasteiger partial charge in [-0.05, 0) is 18.2 Å². The van der Waals surface area contributed by atoms with Crippen LogP contribution >= 0.6 is 11.6 Å². The van der Waals surface area contributed by atoms with Gasteiger partial charge in [0.05, 0.1) is 23.7 Å². The van der Waals surface area contributed by atoms with E-state index < -0.39 is 0 Å². The molecule has 0 unspecified atom stereocenters. The van der Waals surface area contributed by atoms with Gasteiger partial charge in [0, 0.05) is 12.3 Å². The summed E-state index contributed by atoms with van der Waals surface area (Å²) in [6.45, 7) is 1.11. The van der Waals surface area contributed by atoms with Crippen molar-refractivity contribution in [1.29, 1.82) is 0 Å². The highest BCUT2D eigenvalue weighted by Gasteiger charge is 2.33. The average molecular weight is 289 g/mol. The van der Waals surface area contributed by atoms with Crippen LogP contribution in [0.5, 0.6) is 5.88 Å². The maximum Gasteiger partial charge on any atom is 0.255 e. The molecule has 2 heterocycles. The summed E-state index contributed by atoms with van der Waals surface area (Å²) in [5.41, 5.74) is 0.533. The molecule has 1 aromatic heterocycles. The number of benzene rings is 1. The highest BCUT2D eigenvalue weighted by Crippen LogP contribution is 2.22. The zero-order chi connectivity index (χ0) is 13.9. The molecule has 1 aliphatic rings. The molecular formula is C15H13ClN2O2. The Morgan fingerprint density at radius 2 is 1.95 bits per heavy atom. The van der Waals surface area contributed by atoms with E-state index in [0.717, 1.165) is 0 Å². The first-order valence-electron chi connectivity index (χ1n) is 6.35. The maximum atomic E-state index is 12.2. The number of amides is 1. The SMILES string of the molecule is O=C(c1ccccc1Cl)N1CC(Oc2ccccn2)C1. The molecule has 0 saturated carbocycles. The van der Waals surface area contributed by atoms with Crippen LogP contribution in [0.3, 0.4) is 0 Å². The van der Waals surface area contributed by atoms with Crippen LogP contribution in [-0.4, -0.2) is 35.0 Å². The fourth-order valence-electron chi connectivity index (χ4n) is 2.07. The second-order valence-electron chi connectivity index (χ2n) is 4.60. The number of likely N-dealkylation sites (tertiary alicyclic amines) is 1. The average Bonchev–Trinajstić information content (AvgIpc) is 2.43. The second kappa shape index (κ2) is 5.51. The van der Waals surface area contributed by atoms with Crippen LogP contribution in [-0.2, 0) is 0 Å². The number of pyridine rings is 1. The quantitative estimate of drug-likeness (QED) is 0.872.